The Balaban J connectivity index is 5.23. The maximum atomic E-state index is 13.0. The standard InChI is InChI=1S/C71H138O17P2/c1-9-61(5)47-39-31-23-19-17-15-13-14-16-18-20-26-37-45-53-70(75)87-66(58-82-69(74)52-44-36-29-27-33-41-49-63(7)11-3)59-85-89(77,78)83-55-65(72)56-84-90(79,80)86-60-67(88-71(76)54-46-38-30-28-34-42-50-64(8)12-4)57-81-68(73)51-43-35-25-22-21-24-32-40-48-62(6)10-2/h61-67,72H,9-60H2,1-8H3,(H,77,78)(H,79,80)/t61?,62?,63?,64?,65-,66+,67+/m0/s1. The third-order valence-electron chi connectivity index (χ3n) is 17.8. The Hall–Kier alpha value is -1.94. The van der Waals surface area contributed by atoms with Crippen LogP contribution in [0.25, 0.3) is 0 Å². The van der Waals surface area contributed by atoms with Crippen molar-refractivity contribution in [2.45, 2.75) is 369 Å². The topological polar surface area (TPSA) is 237 Å². The number of aliphatic hydroxyl groups excluding tert-OH is 1. The smallest absolute Gasteiger partial charge is 0.462 e. The number of phosphoric acid groups is 2. The Morgan fingerprint density at radius 1 is 0.300 bits per heavy atom. The Morgan fingerprint density at radius 3 is 0.733 bits per heavy atom. The highest BCUT2D eigenvalue weighted by atomic mass is 31.2. The summed E-state index contributed by atoms with van der Waals surface area (Å²) < 4.78 is 68.3. The number of esters is 4. The Labute approximate surface area is 549 Å². The van der Waals surface area contributed by atoms with Gasteiger partial charge in [0.05, 0.1) is 26.4 Å². The van der Waals surface area contributed by atoms with Crippen LogP contribution in [0.1, 0.15) is 351 Å². The van der Waals surface area contributed by atoms with Crippen molar-refractivity contribution < 1.29 is 80.2 Å². The van der Waals surface area contributed by atoms with E-state index in [1.165, 1.54) is 148 Å². The van der Waals surface area contributed by atoms with Crippen molar-refractivity contribution >= 4 is 39.5 Å². The summed E-state index contributed by atoms with van der Waals surface area (Å²) in [4.78, 5) is 72.5. The van der Waals surface area contributed by atoms with E-state index in [1.54, 1.807) is 0 Å². The number of hydrogen-bond acceptors (Lipinski definition) is 15. The van der Waals surface area contributed by atoms with E-state index in [1.807, 2.05) is 0 Å². The molecule has 0 fully saturated rings. The molecule has 0 saturated heterocycles. The summed E-state index contributed by atoms with van der Waals surface area (Å²) in [7, 11) is -9.90. The van der Waals surface area contributed by atoms with Crippen molar-refractivity contribution in [3.05, 3.63) is 0 Å². The van der Waals surface area contributed by atoms with Gasteiger partial charge in [0.15, 0.2) is 12.2 Å². The van der Waals surface area contributed by atoms with E-state index in [0.717, 1.165) is 120 Å². The van der Waals surface area contributed by atoms with Gasteiger partial charge in [-0.3, -0.25) is 37.3 Å². The maximum absolute atomic E-state index is 13.0. The SMILES string of the molecule is CCC(C)CCCCCCCCCCCCCCCCC(=O)O[C@H](COC(=O)CCCCCCCCC(C)CC)COP(=O)(O)OC[C@H](O)COP(=O)(O)OC[C@@H](COC(=O)CCCCCCCCCCC(C)CC)OC(=O)CCCCCCCCC(C)CC. The second-order valence-electron chi connectivity index (χ2n) is 26.6. The van der Waals surface area contributed by atoms with Gasteiger partial charge in [-0.05, 0) is 49.4 Å². The molecule has 0 aromatic rings. The molecule has 0 aromatic heterocycles. The zero-order valence-electron chi connectivity index (χ0n) is 58.8. The van der Waals surface area contributed by atoms with Gasteiger partial charge < -0.3 is 33.8 Å². The minimum absolute atomic E-state index is 0.102. The van der Waals surface area contributed by atoms with Crippen LogP contribution in [0.3, 0.4) is 0 Å². The lowest BCUT2D eigenvalue weighted by Gasteiger charge is -2.21. The van der Waals surface area contributed by atoms with Gasteiger partial charge in [0.25, 0.3) is 0 Å². The fourth-order valence-corrected chi connectivity index (χ4v) is 12.1. The van der Waals surface area contributed by atoms with E-state index >= 15 is 0 Å². The van der Waals surface area contributed by atoms with Crippen molar-refractivity contribution in [2.75, 3.05) is 39.6 Å². The van der Waals surface area contributed by atoms with Crippen LogP contribution in [0.4, 0.5) is 0 Å². The highest BCUT2D eigenvalue weighted by Crippen LogP contribution is 2.45. The lowest BCUT2D eigenvalue weighted by molar-refractivity contribution is -0.161. The Morgan fingerprint density at radius 2 is 0.500 bits per heavy atom. The molecular formula is C71H138O17P2. The van der Waals surface area contributed by atoms with Crippen LogP contribution in [0, 0.1) is 23.7 Å². The average Bonchev–Trinajstić information content (AvgIpc) is 3.34. The molecule has 0 rings (SSSR count). The first kappa shape index (κ1) is 88.1. The van der Waals surface area contributed by atoms with E-state index in [4.69, 9.17) is 37.0 Å². The number of hydrogen-bond donors (Lipinski definition) is 3. The zero-order chi connectivity index (χ0) is 66.8. The lowest BCUT2D eigenvalue weighted by Crippen LogP contribution is -2.30. The number of rotatable bonds is 68. The van der Waals surface area contributed by atoms with Gasteiger partial charge in [-0.15, -0.1) is 0 Å². The molecule has 90 heavy (non-hydrogen) atoms. The molecule has 0 bridgehead atoms. The molecule has 534 valence electrons. The third kappa shape index (κ3) is 59.8. The van der Waals surface area contributed by atoms with Gasteiger partial charge in [0.2, 0.25) is 0 Å². The first-order valence-electron chi connectivity index (χ1n) is 36.9. The second kappa shape index (κ2) is 60.7. The van der Waals surface area contributed by atoms with Gasteiger partial charge in [0, 0.05) is 25.7 Å². The number of unbranched alkanes of at least 4 members (excludes halogenated alkanes) is 30. The highest BCUT2D eigenvalue weighted by molar-refractivity contribution is 7.47. The fraction of sp³-hybridized carbons (Fsp3) is 0.944. The van der Waals surface area contributed by atoms with Crippen LogP contribution in [0.15, 0.2) is 0 Å². The number of ether oxygens (including phenoxy) is 4. The first-order chi connectivity index (χ1) is 43.2. The normalized spacial score (nSPS) is 15.5. The van der Waals surface area contributed by atoms with Gasteiger partial charge in [-0.2, -0.15) is 0 Å². The van der Waals surface area contributed by atoms with E-state index in [0.29, 0.717) is 25.7 Å². The number of carbonyl (C=O) groups is 4. The van der Waals surface area contributed by atoms with Crippen molar-refractivity contribution in [1.29, 1.82) is 0 Å². The Kier molecular flexibility index (Phi) is 59.4. The molecule has 19 heteroatoms. The molecular weight excluding hydrogens is 1190 g/mol. The predicted molar refractivity (Wildman–Crippen MR) is 363 cm³/mol. The first-order valence-corrected chi connectivity index (χ1v) is 39.8. The maximum Gasteiger partial charge on any atom is 0.472 e. The second-order valence-corrected chi connectivity index (χ2v) is 29.5. The highest BCUT2D eigenvalue weighted by Gasteiger charge is 2.30. The van der Waals surface area contributed by atoms with Gasteiger partial charge >= 0.3 is 39.5 Å². The van der Waals surface area contributed by atoms with Crippen molar-refractivity contribution in [2.24, 2.45) is 23.7 Å². The Bertz CT molecular complexity index is 1790. The molecule has 0 aliphatic carbocycles. The van der Waals surface area contributed by atoms with Crippen molar-refractivity contribution in [3.63, 3.8) is 0 Å². The molecule has 9 atom stereocenters. The monoisotopic (exact) mass is 1320 g/mol. The van der Waals surface area contributed by atoms with Crippen LogP contribution in [-0.2, 0) is 65.4 Å². The molecule has 0 aliphatic rings. The van der Waals surface area contributed by atoms with Crippen LogP contribution < -0.4 is 0 Å². The molecule has 0 amide bonds. The molecule has 3 N–H and O–H groups in total. The van der Waals surface area contributed by atoms with Crippen molar-refractivity contribution in [3.8, 4) is 0 Å². The average molecular weight is 1330 g/mol. The largest absolute Gasteiger partial charge is 0.472 e. The van der Waals surface area contributed by atoms with E-state index in [-0.39, 0.29) is 25.7 Å². The molecule has 0 spiro atoms. The van der Waals surface area contributed by atoms with Crippen LogP contribution >= 0.6 is 15.6 Å². The molecule has 0 saturated carbocycles. The van der Waals surface area contributed by atoms with Gasteiger partial charge in [-0.25, -0.2) is 9.13 Å². The molecule has 0 aromatic carbocycles. The lowest BCUT2D eigenvalue weighted by atomic mass is 9.99. The van der Waals surface area contributed by atoms with Crippen LogP contribution in [-0.4, -0.2) is 96.7 Å². The number of aliphatic hydroxyl groups is 1. The summed E-state index contributed by atoms with van der Waals surface area (Å²) >= 11 is 0. The molecule has 0 radical (unpaired) electrons. The number of carbonyl (C=O) groups excluding carboxylic acids is 4. The van der Waals surface area contributed by atoms with E-state index in [2.05, 4.69) is 55.4 Å². The predicted octanol–water partition coefficient (Wildman–Crippen LogP) is 20.1. The van der Waals surface area contributed by atoms with Gasteiger partial charge in [-0.1, -0.05) is 299 Å². The quantitative estimate of drug-likeness (QED) is 0.0222. The number of phosphoric ester groups is 2. The summed E-state index contributed by atoms with van der Waals surface area (Å²) in [5, 5.41) is 10.6. The van der Waals surface area contributed by atoms with E-state index < -0.39 is 97.5 Å². The molecule has 0 heterocycles. The summed E-state index contributed by atoms with van der Waals surface area (Å²) in [6, 6.07) is 0. The fourth-order valence-electron chi connectivity index (χ4n) is 10.5. The molecule has 17 nitrogen and oxygen atoms in total. The zero-order valence-corrected chi connectivity index (χ0v) is 60.6. The molecule has 0 aliphatic heterocycles. The van der Waals surface area contributed by atoms with Crippen molar-refractivity contribution in [1.82, 2.24) is 0 Å². The summed E-state index contributed by atoms with van der Waals surface area (Å²) in [6.45, 7) is 14.1. The van der Waals surface area contributed by atoms with Crippen LogP contribution in [0.2, 0.25) is 0 Å². The minimum atomic E-state index is -4.95. The van der Waals surface area contributed by atoms with Gasteiger partial charge in [0.1, 0.15) is 19.3 Å². The third-order valence-corrected chi connectivity index (χ3v) is 19.7. The van der Waals surface area contributed by atoms with Crippen LogP contribution in [0.5, 0.6) is 0 Å². The molecule has 6 unspecified atom stereocenters. The summed E-state index contributed by atoms with van der Waals surface area (Å²) in [5.41, 5.74) is 0. The summed E-state index contributed by atoms with van der Waals surface area (Å²) in [5.74, 6) is 0.942. The minimum Gasteiger partial charge on any atom is -0.462 e. The summed E-state index contributed by atoms with van der Waals surface area (Å²) in [6.07, 6.45) is 43.0. The van der Waals surface area contributed by atoms with E-state index in [9.17, 15) is 43.2 Å².